The summed E-state index contributed by atoms with van der Waals surface area (Å²) in [6.07, 6.45) is 3.73. The number of pyridine rings is 1. The highest BCUT2D eigenvalue weighted by Gasteiger charge is 2.24. The van der Waals surface area contributed by atoms with Gasteiger partial charge < -0.3 is 5.73 Å². The Morgan fingerprint density at radius 1 is 1.50 bits per heavy atom. The van der Waals surface area contributed by atoms with Crippen molar-refractivity contribution in [2.75, 3.05) is 12.8 Å². The Morgan fingerprint density at radius 2 is 2.06 bits per heavy atom. The van der Waals surface area contributed by atoms with Crippen molar-refractivity contribution in [2.24, 2.45) is 5.73 Å². The molecule has 7 heteroatoms. The van der Waals surface area contributed by atoms with Gasteiger partial charge in [-0.15, -0.1) is 0 Å². The largest absolute Gasteiger partial charge is 0.392 e. The molecule has 0 amide bonds. The van der Waals surface area contributed by atoms with Crippen LogP contribution in [0.2, 0.25) is 0 Å². The molecule has 100 valence electrons. The van der Waals surface area contributed by atoms with Gasteiger partial charge in [0.2, 0.25) is 10.0 Å². The van der Waals surface area contributed by atoms with Crippen LogP contribution in [-0.2, 0) is 16.4 Å². The van der Waals surface area contributed by atoms with Gasteiger partial charge in [0.25, 0.3) is 0 Å². The second-order valence-electron chi connectivity index (χ2n) is 4.02. The zero-order valence-electron chi connectivity index (χ0n) is 10.4. The van der Waals surface area contributed by atoms with E-state index in [1.165, 1.54) is 11.4 Å². The number of hydrogen-bond donors (Lipinski definition) is 1. The second kappa shape index (κ2) is 6.21. The first-order valence-electron chi connectivity index (χ1n) is 5.48. The van der Waals surface area contributed by atoms with Gasteiger partial charge in [-0.2, -0.15) is 4.31 Å². The Morgan fingerprint density at radius 3 is 2.56 bits per heavy atom. The number of aryl methyl sites for hydroxylation is 1. The van der Waals surface area contributed by atoms with Gasteiger partial charge in [-0.05, 0) is 31.0 Å². The number of nitrogens with zero attached hydrogens (tertiary/aromatic N) is 2. The third kappa shape index (κ3) is 4.01. The molecule has 0 aliphatic rings. The van der Waals surface area contributed by atoms with E-state index in [4.69, 9.17) is 18.0 Å². The molecule has 1 atom stereocenters. The summed E-state index contributed by atoms with van der Waals surface area (Å²) < 4.78 is 25.3. The van der Waals surface area contributed by atoms with Crippen molar-refractivity contribution in [1.29, 1.82) is 0 Å². The van der Waals surface area contributed by atoms with Crippen LogP contribution >= 0.6 is 12.2 Å². The molecule has 18 heavy (non-hydrogen) atoms. The van der Waals surface area contributed by atoms with Gasteiger partial charge in [0.15, 0.2) is 0 Å². The van der Waals surface area contributed by atoms with Crippen LogP contribution in [0.3, 0.4) is 0 Å². The van der Waals surface area contributed by atoms with Crippen LogP contribution in [0.5, 0.6) is 0 Å². The number of thiocarbonyl (C=S) groups is 1. The van der Waals surface area contributed by atoms with Gasteiger partial charge in [-0.3, -0.25) is 4.98 Å². The zero-order valence-corrected chi connectivity index (χ0v) is 12.0. The molecule has 0 saturated carbocycles. The van der Waals surface area contributed by atoms with Crippen LogP contribution in [-0.4, -0.2) is 41.5 Å². The third-order valence-corrected chi connectivity index (χ3v) is 5.05. The molecule has 0 saturated heterocycles. The van der Waals surface area contributed by atoms with E-state index in [0.717, 1.165) is 5.56 Å². The molecule has 1 heterocycles. The lowest BCUT2D eigenvalue weighted by Crippen LogP contribution is -2.43. The molecule has 0 aliphatic carbocycles. The smallest absolute Gasteiger partial charge is 0.214 e. The molecule has 2 N–H and O–H groups in total. The highest BCUT2D eigenvalue weighted by molar-refractivity contribution is 7.89. The molecule has 0 fully saturated rings. The average Bonchev–Trinajstić information content (AvgIpc) is 2.35. The van der Waals surface area contributed by atoms with E-state index in [1.54, 1.807) is 31.5 Å². The summed E-state index contributed by atoms with van der Waals surface area (Å²) in [5.41, 5.74) is 6.39. The van der Waals surface area contributed by atoms with Crippen molar-refractivity contribution in [3.63, 3.8) is 0 Å². The molecule has 0 bridgehead atoms. The molecule has 1 rings (SSSR count). The Labute approximate surface area is 113 Å². The Kier molecular flexibility index (Phi) is 5.18. The first-order chi connectivity index (χ1) is 8.34. The van der Waals surface area contributed by atoms with E-state index >= 15 is 0 Å². The summed E-state index contributed by atoms with van der Waals surface area (Å²) in [6, 6.07) is 3.13. The second-order valence-corrected chi connectivity index (χ2v) is 6.64. The van der Waals surface area contributed by atoms with Crippen LogP contribution in [0.15, 0.2) is 24.5 Å². The number of rotatable bonds is 6. The minimum Gasteiger partial charge on any atom is -0.392 e. The summed E-state index contributed by atoms with van der Waals surface area (Å²) in [4.78, 5) is 4.05. The Balaban J connectivity index is 2.68. The molecule has 1 aromatic rings. The van der Waals surface area contributed by atoms with Crippen LogP contribution in [0.1, 0.15) is 12.5 Å². The highest BCUT2D eigenvalue weighted by atomic mass is 32.2. The van der Waals surface area contributed by atoms with Gasteiger partial charge in [0, 0.05) is 19.4 Å². The normalized spacial score (nSPS) is 13.5. The van der Waals surface area contributed by atoms with Crippen molar-refractivity contribution in [2.45, 2.75) is 19.4 Å². The van der Waals surface area contributed by atoms with Gasteiger partial charge >= 0.3 is 0 Å². The average molecular weight is 287 g/mol. The van der Waals surface area contributed by atoms with Gasteiger partial charge in [0.05, 0.1) is 16.8 Å². The van der Waals surface area contributed by atoms with E-state index in [9.17, 15) is 8.42 Å². The summed E-state index contributed by atoms with van der Waals surface area (Å²) in [5, 5.41) is 0. The molecule has 1 aromatic heterocycles. The predicted molar refractivity (Wildman–Crippen MR) is 75.7 cm³/mol. The van der Waals surface area contributed by atoms with Crippen molar-refractivity contribution < 1.29 is 8.42 Å². The van der Waals surface area contributed by atoms with E-state index in [-0.39, 0.29) is 10.7 Å². The maximum absolute atomic E-state index is 12.0. The maximum atomic E-state index is 12.0. The summed E-state index contributed by atoms with van der Waals surface area (Å²) in [6.45, 7) is 1.67. The quantitative estimate of drug-likeness (QED) is 0.774. The minimum atomic E-state index is -3.36. The molecule has 0 spiro atoms. The van der Waals surface area contributed by atoms with E-state index < -0.39 is 16.1 Å². The molecule has 0 aliphatic heterocycles. The number of sulfonamides is 1. The van der Waals surface area contributed by atoms with Gasteiger partial charge in [-0.1, -0.05) is 12.2 Å². The van der Waals surface area contributed by atoms with Crippen molar-refractivity contribution in [3.05, 3.63) is 30.1 Å². The lowest BCUT2D eigenvalue weighted by molar-refractivity contribution is 0.451. The zero-order chi connectivity index (χ0) is 13.8. The molecular weight excluding hydrogens is 270 g/mol. The van der Waals surface area contributed by atoms with E-state index in [0.29, 0.717) is 6.42 Å². The number of likely N-dealkylation sites (N-methyl/N-ethyl adjacent to an activating group) is 1. The highest BCUT2D eigenvalue weighted by Crippen LogP contribution is 2.08. The van der Waals surface area contributed by atoms with Crippen LogP contribution in [0.25, 0.3) is 0 Å². The van der Waals surface area contributed by atoms with Crippen molar-refractivity contribution in [1.82, 2.24) is 9.29 Å². The molecule has 0 aromatic carbocycles. The fraction of sp³-hybridized carbons (Fsp3) is 0.455. The predicted octanol–water partition coefficient (Wildman–Crippen LogP) is 0.560. The number of hydrogen-bond acceptors (Lipinski definition) is 4. The van der Waals surface area contributed by atoms with E-state index in [2.05, 4.69) is 4.98 Å². The minimum absolute atomic E-state index is 0.0282. The fourth-order valence-electron chi connectivity index (χ4n) is 1.36. The third-order valence-electron chi connectivity index (χ3n) is 2.79. The molecular formula is C11H17N3O2S2. The fourth-order valence-corrected chi connectivity index (χ4v) is 2.96. The standard InChI is InChI=1S/C11H17N3O2S2/c1-9(11(12)17)14(2)18(15,16)8-5-10-3-6-13-7-4-10/h3-4,6-7,9H,5,8H2,1-2H3,(H2,12,17). The van der Waals surface area contributed by atoms with Gasteiger partial charge in [0.1, 0.15) is 0 Å². The van der Waals surface area contributed by atoms with Crippen molar-refractivity contribution >= 4 is 27.2 Å². The monoisotopic (exact) mass is 287 g/mol. The molecule has 1 unspecified atom stereocenters. The lowest BCUT2D eigenvalue weighted by atomic mass is 10.2. The summed E-state index contributed by atoms with van der Waals surface area (Å²) >= 11 is 4.80. The Hall–Kier alpha value is -1.05. The van der Waals surface area contributed by atoms with Gasteiger partial charge in [-0.25, -0.2) is 8.42 Å². The Bertz CT molecular complexity index is 502. The van der Waals surface area contributed by atoms with Crippen LogP contribution in [0, 0.1) is 0 Å². The number of nitrogens with two attached hydrogens (primary N) is 1. The van der Waals surface area contributed by atoms with Crippen molar-refractivity contribution in [3.8, 4) is 0 Å². The first kappa shape index (κ1) is 15.0. The molecule has 0 radical (unpaired) electrons. The lowest BCUT2D eigenvalue weighted by Gasteiger charge is -2.23. The number of aromatic nitrogens is 1. The van der Waals surface area contributed by atoms with E-state index in [1.807, 2.05) is 0 Å². The summed E-state index contributed by atoms with van der Waals surface area (Å²) in [7, 11) is -1.87. The van der Waals surface area contributed by atoms with Crippen LogP contribution < -0.4 is 5.73 Å². The first-order valence-corrected chi connectivity index (χ1v) is 7.50. The SMILES string of the molecule is CC(C(N)=S)N(C)S(=O)(=O)CCc1ccncc1. The summed E-state index contributed by atoms with van der Waals surface area (Å²) in [5.74, 6) is 0.0282. The molecule has 5 nitrogen and oxygen atoms in total. The maximum Gasteiger partial charge on any atom is 0.214 e. The van der Waals surface area contributed by atoms with Crippen LogP contribution in [0.4, 0.5) is 0 Å². The topological polar surface area (TPSA) is 76.3 Å².